The first-order chi connectivity index (χ1) is 12.9. The van der Waals surface area contributed by atoms with Crippen LogP contribution in [0.4, 0.5) is 5.69 Å². The van der Waals surface area contributed by atoms with Gasteiger partial charge in [-0.3, -0.25) is 0 Å². The molecule has 3 rings (SSSR count). The zero-order chi connectivity index (χ0) is 19.4. The first-order valence-electron chi connectivity index (χ1n) is 8.12. The van der Waals surface area contributed by atoms with E-state index in [0.717, 1.165) is 11.3 Å². The maximum atomic E-state index is 6.49. The SMILES string of the molecule is CC(Cn1ccnc1)(NC(=S)Nc1ccc(Cl)cc1)c1ccc(Cl)cc1Cl. The smallest absolute Gasteiger partial charge is 0.171 e. The van der Waals surface area contributed by atoms with E-state index in [9.17, 15) is 0 Å². The van der Waals surface area contributed by atoms with E-state index in [0.29, 0.717) is 26.7 Å². The molecule has 0 spiro atoms. The average Bonchev–Trinajstić information content (AvgIpc) is 3.09. The summed E-state index contributed by atoms with van der Waals surface area (Å²) in [6.45, 7) is 2.59. The Balaban J connectivity index is 1.87. The van der Waals surface area contributed by atoms with Gasteiger partial charge < -0.3 is 15.2 Å². The molecule has 0 radical (unpaired) electrons. The lowest BCUT2D eigenvalue weighted by Crippen LogP contribution is -2.48. The van der Waals surface area contributed by atoms with Gasteiger partial charge in [-0.05, 0) is 61.1 Å². The minimum Gasteiger partial charge on any atom is -0.351 e. The molecule has 0 bridgehead atoms. The van der Waals surface area contributed by atoms with Crippen LogP contribution in [0.1, 0.15) is 12.5 Å². The molecule has 2 aromatic carbocycles. The molecule has 0 aliphatic rings. The second-order valence-corrected chi connectivity index (χ2v) is 7.97. The Labute approximate surface area is 178 Å². The van der Waals surface area contributed by atoms with Crippen molar-refractivity contribution in [2.24, 2.45) is 0 Å². The van der Waals surface area contributed by atoms with E-state index < -0.39 is 5.54 Å². The fourth-order valence-electron chi connectivity index (χ4n) is 2.82. The molecule has 8 heteroatoms. The summed E-state index contributed by atoms with van der Waals surface area (Å²) in [4.78, 5) is 4.11. The van der Waals surface area contributed by atoms with Crippen LogP contribution in [0.5, 0.6) is 0 Å². The van der Waals surface area contributed by atoms with Gasteiger partial charge in [0.05, 0.1) is 18.4 Å². The van der Waals surface area contributed by atoms with Gasteiger partial charge in [-0.2, -0.15) is 0 Å². The predicted molar refractivity (Wildman–Crippen MR) is 117 cm³/mol. The molecule has 0 saturated heterocycles. The molecule has 3 aromatic rings. The van der Waals surface area contributed by atoms with E-state index >= 15 is 0 Å². The van der Waals surface area contributed by atoms with Crippen molar-refractivity contribution in [1.29, 1.82) is 0 Å². The van der Waals surface area contributed by atoms with Crippen molar-refractivity contribution in [3.63, 3.8) is 0 Å². The largest absolute Gasteiger partial charge is 0.351 e. The lowest BCUT2D eigenvalue weighted by atomic mass is 9.91. The van der Waals surface area contributed by atoms with Gasteiger partial charge in [0.25, 0.3) is 0 Å². The molecule has 1 atom stereocenters. The summed E-state index contributed by atoms with van der Waals surface area (Å²) in [6.07, 6.45) is 5.37. The number of nitrogens with one attached hydrogen (secondary N) is 2. The Morgan fingerprint density at radius 1 is 1.11 bits per heavy atom. The molecule has 4 nitrogen and oxygen atoms in total. The van der Waals surface area contributed by atoms with Gasteiger partial charge in [0, 0.05) is 33.1 Å². The summed E-state index contributed by atoms with van der Waals surface area (Å²) in [6, 6.07) is 12.8. The zero-order valence-corrected chi connectivity index (χ0v) is 17.5. The van der Waals surface area contributed by atoms with E-state index in [1.807, 2.05) is 42.0 Å². The van der Waals surface area contributed by atoms with Crippen LogP contribution in [0.2, 0.25) is 15.1 Å². The molecular weight excluding hydrogens is 423 g/mol. The maximum Gasteiger partial charge on any atom is 0.171 e. The number of hydrogen-bond acceptors (Lipinski definition) is 2. The van der Waals surface area contributed by atoms with Crippen LogP contribution in [-0.4, -0.2) is 14.7 Å². The average molecular weight is 440 g/mol. The standard InChI is InChI=1S/C19H17Cl3N4S/c1-19(11-26-9-8-23-12-26,16-7-4-14(21)10-17(16)22)25-18(27)24-15-5-2-13(20)3-6-15/h2-10,12H,11H2,1H3,(H2,24,25,27). The minimum absolute atomic E-state index is 0.464. The summed E-state index contributed by atoms with van der Waals surface area (Å²) in [7, 11) is 0. The van der Waals surface area contributed by atoms with Crippen molar-refractivity contribution >= 4 is 57.8 Å². The number of nitrogens with zero attached hydrogens (tertiary/aromatic N) is 2. The van der Waals surface area contributed by atoms with Crippen molar-refractivity contribution in [3.05, 3.63) is 81.8 Å². The number of halogens is 3. The Hall–Kier alpha value is -1.79. The number of hydrogen-bond donors (Lipinski definition) is 2. The molecule has 140 valence electrons. The highest BCUT2D eigenvalue weighted by Gasteiger charge is 2.30. The fourth-order valence-corrected chi connectivity index (χ4v) is 3.91. The third-order valence-electron chi connectivity index (χ3n) is 4.08. The van der Waals surface area contributed by atoms with Crippen LogP contribution in [0.15, 0.2) is 61.2 Å². The van der Waals surface area contributed by atoms with Gasteiger partial charge in [0.2, 0.25) is 0 Å². The first kappa shape index (κ1) is 20.0. The van der Waals surface area contributed by atoms with Gasteiger partial charge >= 0.3 is 0 Å². The van der Waals surface area contributed by atoms with E-state index in [1.165, 1.54) is 0 Å². The Morgan fingerprint density at radius 2 is 1.81 bits per heavy atom. The van der Waals surface area contributed by atoms with E-state index in [4.69, 9.17) is 47.0 Å². The van der Waals surface area contributed by atoms with Gasteiger partial charge in [0.15, 0.2) is 5.11 Å². The molecule has 2 N–H and O–H groups in total. The van der Waals surface area contributed by atoms with Gasteiger partial charge in [0.1, 0.15) is 0 Å². The third kappa shape index (κ3) is 5.14. The number of benzene rings is 2. The number of aromatic nitrogens is 2. The lowest BCUT2D eigenvalue weighted by Gasteiger charge is -2.34. The molecule has 1 aromatic heterocycles. The van der Waals surface area contributed by atoms with Crippen LogP contribution < -0.4 is 10.6 Å². The summed E-state index contributed by atoms with van der Waals surface area (Å²) in [5, 5.41) is 8.82. The minimum atomic E-state index is -0.598. The highest BCUT2D eigenvalue weighted by Crippen LogP contribution is 2.32. The predicted octanol–water partition coefficient (Wildman–Crippen LogP) is 5.75. The maximum absolute atomic E-state index is 6.49. The van der Waals surface area contributed by atoms with Crippen molar-refractivity contribution in [2.75, 3.05) is 5.32 Å². The van der Waals surface area contributed by atoms with Crippen LogP contribution in [0, 0.1) is 0 Å². The van der Waals surface area contributed by atoms with Crippen molar-refractivity contribution in [1.82, 2.24) is 14.9 Å². The number of anilines is 1. The monoisotopic (exact) mass is 438 g/mol. The van der Waals surface area contributed by atoms with E-state index in [1.54, 1.807) is 30.7 Å². The lowest BCUT2D eigenvalue weighted by molar-refractivity contribution is 0.369. The van der Waals surface area contributed by atoms with Crippen molar-refractivity contribution in [3.8, 4) is 0 Å². The quantitative estimate of drug-likeness (QED) is 0.497. The molecule has 1 heterocycles. The van der Waals surface area contributed by atoms with Crippen LogP contribution in [0.25, 0.3) is 0 Å². The van der Waals surface area contributed by atoms with E-state index in [2.05, 4.69) is 15.6 Å². The normalized spacial score (nSPS) is 13.0. The molecule has 27 heavy (non-hydrogen) atoms. The molecular formula is C19H17Cl3N4S. The molecule has 0 aliphatic carbocycles. The van der Waals surface area contributed by atoms with Crippen molar-refractivity contribution in [2.45, 2.75) is 19.0 Å². The molecule has 0 aliphatic heterocycles. The highest BCUT2D eigenvalue weighted by molar-refractivity contribution is 7.80. The van der Waals surface area contributed by atoms with Gasteiger partial charge in [-0.1, -0.05) is 40.9 Å². The number of thiocarbonyl (C=S) groups is 1. The van der Waals surface area contributed by atoms with Crippen LogP contribution in [-0.2, 0) is 12.1 Å². The van der Waals surface area contributed by atoms with Crippen molar-refractivity contribution < 1.29 is 0 Å². The second kappa shape index (κ2) is 8.48. The Kier molecular flexibility index (Phi) is 6.27. The van der Waals surface area contributed by atoms with Crippen LogP contribution in [0.3, 0.4) is 0 Å². The summed E-state index contributed by atoms with van der Waals surface area (Å²) >= 11 is 24.0. The topological polar surface area (TPSA) is 41.9 Å². The number of imidazole rings is 1. The zero-order valence-electron chi connectivity index (χ0n) is 14.4. The molecule has 1 unspecified atom stereocenters. The fraction of sp³-hybridized carbons (Fsp3) is 0.158. The first-order valence-corrected chi connectivity index (χ1v) is 9.66. The Bertz CT molecular complexity index is 929. The second-order valence-electron chi connectivity index (χ2n) is 6.28. The highest BCUT2D eigenvalue weighted by atomic mass is 35.5. The molecule has 0 saturated carbocycles. The number of rotatable bonds is 5. The summed E-state index contributed by atoms with van der Waals surface area (Å²) in [5.74, 6) is 0. The summed E-state index contributed by atoms with van der Waals surface area (Å²) in [5.41, 5.74) is 1.12. The van der Waals surface area contributed by atoms with Gasteiger partial charge in [-0.25, -0.2) is 4.98 Å². The third-order valence-corrected chi connectivity index (χ3v) is 5.08. The van der Waals surface area contributed by atoms with Crippen LogP contribution >= 0.6 is 47.0 Å². The summed E-state index contributed by atoms with van der Waals surface area (Å²) < 4.78 is 1.96. The van der Waals surface area contributed by atoms with Gasteiger partial charge in [-0.15, -0.1) is 0 Å². The van der Waals surface area contributed by atoms with E-state index in [-0.39, 0.29) is 0 Å². The molecule has 0 fully saturated rings. The Morgan fingerprint density at radius 3 is 2.44 bits per heavy atom. The molecule has 0 amide bonds.